The molecule has 3 aromatic rings. The second kappa shape index (κ2) is 7.83. The lowest BCUT2D eigenvalue weighted by Crippen LogP contribution is -2.08. The lowest BCUT2D eigenvalue weighted by atomic mass is 10.1. The van der Waals surface area contributed by atoms with Crippen molar-refractivity contribution < 1.29 is 9.53 Å². The van der Waals surface area contributed by atoms with Gasteiger partial charge in [0, 0.05) is 5.56 Å². The van der Waals surface area contributed by atoms with Crippen molar-refractivity contribution in [3.63, 3.8) is 0 Å². The van der Waals surface area contributed by atoms with E-state index in [-0.39, 0.29) is 5.97 Å². The molecule has 0 aliphatic rings. The second-order valence-corrected chi connectivity index (χ2v) is 6.15. The Morgan fingerprint density at radius 1 is 1.08 bits per heavy atom. The summed E-state index contributed by atoms with van der Waals surface area (Å²) < 4.78 is 5.17. The Bertz CT molecular complexity index is 921. The van der Waals surface area contributed by atoms with Crippen molar-refractivity contribution >= 4 is 17.3 Å². The van der Waals surface area contributed by atoms with E-state index in [0.717, 1.165) is 28.1 Å². The summed E-state index contributed by atoms with van der Waals surface area (Å²) in [5, 5.41) is 3.30. The maximum Gasteiger partial charge on any atom is 0.340 e. The molecule has 0 aliphatic carbocycles. The van der Waals surface area contributed by atoms with Crippen LogP contribution < -0.4 is 5.32 Å². The Morgan fingerprint density at radius 2 is 1.85 bits per heavy atom. The van der Waals surface area contributed by atoms with Crippen molar-refractivity contribution in [1.29, 1.82) is 0 Å². The summed E-state index contributed by atoms with van der Waals surface area (Å²) in [6.07, 6.45) is 1.78. The van der Waals surface area contributed by atoms with Crippen LogP contribution in [0.5, 0.6) is 0 Å². The van der Waals surface area contributed by atoms with Crippen LogP contribution in [0.1, 0.15) is 28.4 Å². The SMILES string of the molecule is CCOC(=O)c1cc(C)ccc1Nc1cnc(-c2ccccc2)c(C)c1. The summed E-state index contributed by atoms with van der Waals surface area (Å²) in [6, 6.07) is 17.8. The zero-order valence-corrected chi connectivity index (χ0v) is 15.2. The quantitative estimate of drug-likeness (QED) is 0.638. The maximum absolute atomic E-state index is 12.2. The number of nitrogens with one attached hydrogen (secondary N) is 1. The Morgan fingerprint density at radius 3 is 2.54 bits per heavy atom. The molecule has 0 unspecified atom stereocenters. The number of rotatable bonds is 5. The van der Waals surface area contributed by atoms with Crippen LogP contribution in [0.3, 0.4) is 0 Å². The smallest absolute Gasteiger partial charge is 0.340 e. The van der Waals surface area contributed by atoms with Crippen molar-refractivity contribution in [3.8, 4) is 11.3 Å². The summed E-state index contributed by atoms with van der Waals surface area (Å²) in [5.74, 6) is -0.329. The number of nitrogens with zero attached hydrogens (tertiary/aromatic N) is 1. The van der Waals surface area contributed by atoms with Crippen molar-refractivity contribution in [2.45, 2.75) is 20.8 Å². The topological polar surface area (TPSA) is 51.2 Å². The molecule has 3 rings (SSSR count). The number of hydrogen-bond donors (Lipinski definition) is 1. The summed E-state index contributed by atoms with van der Waals surface area (Å²) in [5.41, 5.74) is 6.17. The minimum absolute atomic E-state index is 0.329. The number of aromatic nitrogens is 1. The Labute approximate surface area is 153 Å². The minimum atomic E-state index is -0.329. The first-order chi connectivity index (χ1) is 12.6. The van der Waals surface area contributed by atoms with E-state index >= 15 is 0 Å². The van der Waals surface area contributed by atoms with Gasteiger partial charge in [0.25, 0.3) is 0 Å². The zero-order valence-electron chi connectivity index (χ0n) is 15.2. The van der Waals surface area contributed by atoms with E-state index in [0.29, 0.717) is 17.9 Å². The van der Waals surface area contributed by atoms with Gasteiger partial charge in [-0.1, -0.05) is 42.0 Å². The highest BCUT2D eigenvalue weighted by molar-refractivity contribution is 5.96. The molecule has 0 aliphatic heterocycles. The van der Waals surface area contributed by atoms with E-state index in [2.05, 4.69) is 10.3 Å². The summed E-state index contributed by atoms with van der Waals surface area (Å²) in [6.45, 7) is 6.13. The van der Waals surface area contributed by atoms with Gasteiger partial charge in [-0.2, -0.15) is 0 Å². The van der Waals surface area contributed by atoms with Gasteiger partial charge in [0.15, 0.2) is 0 Å². The maximum atomic E-state index is 12.2. The minimum Gasteiger partial charge on any atom is -0.462 e. The highest BCUT2D eigenvalue weighted by atomic mass is 16.5. The van der Waals surface area contributed by atoms with Gasteiger partial charge in [-0.25, -0.2) is 4.79 Å². The third-order valence-corrected chi connectivity index (χ3v) is 4.07. The predicted molar refractivity (Wildman–Crippen MR) is 105 cm³/mol. The molecule has 0 saturated carbocycles. The van der Waals surface area contributed by atoms with Gasteiger partial charge < -0.3 is 10.1 Å². The summed E-state index contributed by atoms with van der Waals surface area (Å²) >= 11 is 0. The normalized spacial score (nSPS) is 10.4. The fourth-order valence-corrected chi connectivity index (χ4v) is 2.84. The van der Waals surface area contributed by atoms with Gasteiger partial charge in [-0.05, 0) is 44.5 Å². The monoisotopic (exact) mass is 346 g/mol. The van der Waals surface area contributed by atoms with E-state index < -0.39 is 0 Å². The number of hydrogen-bond acceptors (Lipinski definition) is 4. The molecule has 0 radical (unpaired) electrons. The molecule has 1 N–H and O–H groups in total. The molecule has 2 aromatic carbocycles. The van der Waals surface area contributed by atoms with Crippen LogP contribution in [0.4, 0.5) is 11.4 Å². The third kappa shape index (κ3) is 3.91. The highest BCUT2D eigenvalue weighted by Crippen LogP contribution is 2.27. The fraction of sp³-hybridized carbons (Fsp3) is 0.182. The molecule has 0 fully saturated rings. The van der Waals surface area contributed by atoms with E-state index in [4.69, 9.17) is 4.74 Å². The van der Waals surface area contributed by atoms with Crippen molar-refractivity contribution in [1.82, 2.24) is 4.98 Å². The van der Waals surface area contributed by atoms with Gasteiger partial charge in [-0.3, -0.25) is 4.98 Å². The summed E-state index contributed by atoms with van der Waals surface area (Å²) in [7, 11) is 0. The molecule has 0 amide bonds. The molecule has 0 spiro atoms. The number of benzene rings is 2. The van der Waals surface area contributed by atoms with Crippen LogP contribution in [0.25, 0.3) is 11.3 Å². The largest absolute Gasteiger partial charge is 0.462 e. The Hall–Kier alpha value is -3.14. The number of anilines is 2. The number of pyridine rings is 1. The van der Waals surface area contributed by atoms with E-state index in [1.54, 1.807) is 13.1 Å². The first-order valence-corrected chi connectivity index (χ1v) is 8.65. The van der Waals surface area contributed by atoms with Crippen LogP contribution in [0.15, 0.2) is 60.8 Å². The number of carbonyl (C=O) groups excluding carboxylic acids is 1. The predicted octanol–water partition coefficient (Wildman–Crippen LogP) is 5.29. The molecule has 0 atom stereocenters. The van der Waals surface area contributed by atoms with E-state index in [1.807, 2.05) is 68.4 Å². The van der Waals surface area contributed by atoms with E-state index in [1.165, 1.54) is 0 Å². The first kappa shape index (κ1) is 17.7. The average Bonchev–Trinajstić information content (AvgIpc) is 2.64. The molecular formula is C22H22N2O2. The lowest BCUT2D eigenvalue weighted by molar-refractivity contribution is 0.0527. The van der Waals surface area contributed by atoms with E-state index in [9.17, 15) is 4.79 Å². The first-order valence-electron chi connectivity index (χ1n) is 8.65. The molecule has 26 heavy (non-hydrogen) atoms. The molecule has 0 saturated heterocycles. The van der Waals surface area contributed by atoms with Gasteiger partial charge in [0.2, 0.25) is 0 Å². The van der Waals surface area contributed by atoms with Crippen LogP contribution in [0.2, 0.25) is 0 Å². The lowest BCUT2D eigenvalue weighted by Gasteiger charge is -2.14. The van der Waals surface area contributed by atoms with Gasteiger partial charge >= 0.3 is 5.97 Å². The molecule has 4 nitrogen and oxygen atoms in total. The van der Waals surface area contributed by atoms with Gasteiger partial charge in [0.1, 0.15) is 0 Å². The van der Waals surface area contributed by atoms with Crippen LogP contribution in [-0.2, 0) is 4.74 Å². The van der Waals surface area contributed by atoms with Crippen molar-refractivity contribution in [2.24, 2.45) is 0 Å². The summed E-state index contributed by atoms with van der Waals surface area (Å²) in [4.78, 5) is 16.8. The zero-order chi connectivity index (χ0) is 18.5. The molecule has 4 heteroatoms. The van der Waals surface area contributed by atoms with Crippen LogP contribution >= 0.6 is 0 Å². The van der Waals surface area contributed by atoms with Crippen LogP contribution in [0, 0.1) is 13.8 Å². The molecule has 0 bridgehead atoms. The molecule has 1 aromatic heterocycles. The number of esters is 1. The van der Waals surface area contributed by atoms with Gasteiger partial charge in [0.05, 0.1) is 35.4 Å². The Kier molecular flexibility index (Phi) is 5.32. The van der Waals surface area contributed by atoms with Crippen molar-refractivity contribution in [2.75, 3.05) is 11.9 Å². The number of carbonyl (C=O) groups is 1. The highest BCUT2D eigenvalue weighted by Gasteiger charge is 2.14. The van der Waals surface area contributed by atoms with Crippen LogP contribution in [-0.4, -0.2) is 17.6 Å². The van der Waals surface area contributed by atoms with Gasteiger partial charge in [-0.15, -0.1) is 0 Å². The molecule has 132 valence electrons. The fourth-order valence-electron chi connectivity index (χ4n) is 2.84. The molecular weight excluding hydrogens is 324 g/mol. The number of aryl methyl sites for hydroxylation is 2. The van der Waals surface area contributed by atoms with Crippen molar-refractivity contribution in [3.05, 3.63) is 77.5 Å². The molecule has 1 heterocycles. The Balaban J connectivity index is 1.90. The standard InChI is InChI=1S/C22H22N2O2/c1-4-26-22(25)19-12-15(2)10-11-20(19)24-18-13-16(3)21(23-14-18)17-8-6-5-7-9-17/h5-14,24H,4H2,1-3H3. The second-order valence-electron chi connectivity index (χ2n) is 6.15. The average molecular weight is 346 g/mol. The third-order valence-electron chi connectivity index (χ3n) is 4.07. The number of ether oxygens (including phenoxy) is 1.